The van der Waals surface area contributed by atoms with Gasteiger partial charge in [-0.1, -0.05) is 42.5 Å². The molecule has 5 rings (SSSR count). The number of carbonyl (C=O) groups is 2. The summed E-state index contributed by atoms with van der Waals surface area (Å²) in [5, 5.41) is 6.13. The zero-order chi connectivity index (χ0) is 34.1. The Bertz CT molecular complexity index is 1890. The van der Waals surface area contributed by atoms with Gasteiger partial charge in [-0.25, -0.2) is 17.8 Å². The molecule has 0 spiro atoms. The van der Waals surface area contributed by atoms with Crippen molar-refractivity contribution >= 4 is 27.7 Å². The Morgan fingerprint density at radius 1 is 0.915 bits per heavy atom. The van der Waals surface area contributed by atoms with E-state index in [1.807, 2.05) is 4.72 Å². The summed E-state index contributed by atoms with van der Waals surface area (Å²) >= 11 is 0. The van der Waals surface area contributed by atoms with Crippen LogP contribution in [0.4, 0.5) is 32.2 Å². The quantitative estimate of drug-likeness (QED) is 0.226. The average molecular weight is 682 g/mol. The van der Waals surface area contributed by atoms with Gasteiger partial charge in [0.2, 0.25) is 0 Å². The topological polar surface area (TPSA) is 123 Å². The summed E-state index contributed by atoms with van der Waals surface area (Å²) in [6, 6.07) is 16.7. The largest absolute Gasteiger partial charge is 0.573 e. The molecule has 3 aromatic carbocycles. The van der Waals surface area contributed by atoms with Gasteiger partial charge in [0, 0.05) is 18.7 Å². The van der Waals surface area contributed by atoms with Gasteiger partial charge in [0.25, 0.3) is 21.8 Å². The number of alkyl halides is 6. The first-order valence-corrected chi connectivity index (χ1v) is 15.3. The number of carbonyl (C=O) groups excluding carboxylic acids is 2. The van der Waals surface area contributed by atoms with E-state index in [4.69, 9.17) is 0 Å². The van der Waals surface area contributed by atoms with Crippen LogP contribution in [0.2, 0.25) is 0 Å². The van der Waals surface area contributed by atoms with Crippen molar-refractivity contribution in [2.75, 3.05) is 11.4 Å². The molecule has 2 amide bonds. The van der Waals surface area contributed by atoms with Gasteiger partial charge in [-0.3, -0.25) is 9.59 Å². The first-order valence-electron chi connectivity index (χ1n) is 13.8. The number of nitrogens with zero attached hydrogens (tertiary/aromatic N) is 3. The number of fused-ring (bicyclic) bond motifs is 1. The molecule has 4 aromatic rings. The summed E-state index contributed by atoms with van der Waals surface area (Å²) < 4.78 is 112. The first kappa shape index (κ1) is 33.3. The van der Waals surface area contributed by atoms with Crippen LogP contribution in [0.5, 0.6) is 5.75 Å². The second-order valence-corrected chi connectivity index (χ2v) is 12.1. The molecule has 1 atom stereocenters. The van der Waals surface area contributed by atoms with Crippen molar-refractivity contribution in [3.05, 3.63) is 107 Å². The van der Waals surface area contributed by atoms with Crippen LogP contribution >= 0.6 is 0 Å². The molecule has 0 aliphatic carbocycles. The predicted octanol–water partition coefficient (Wildman–Crippen LogP) is 5.43. The van der Waals surface area contributed by atoms with E-state index in [0.717, 1.165) is 16.8 Å². The predicted molar refractivity (Wildman–Crippen MR) is 155 cm³/mol. The molecule has 0 fully saturated rings. The standard InChI is InChI=1S/C30H25F6N5O5S/c1-18(20-10-12-21(13-11-20)26(42)39-47(44,45)23-8-3-2-4-9-23)37-27(43)24-25(29(31,32)33)38-41-15-14-40(28(24)41)17-19-6-5-7-22(16-19)46-30(34,35)36/h2-13,16,18H,14-15,17H2,1H3,(H,37,43)(H,39,42). The summed E-state index contributed by atoms with van der Waals surface area (Å²) in [5.74, 6) is -2.69. The summed E-state index contributed by atoms with van der Waals surface area (Å²) in [4.78, 5) is 27.3. The second-order valence-electron chi connectivity index (χ2n) is 10.4. The molecule has 0 bridgehead atoms. The van der Waals surface area contributed by atoms with Crippen molar-refractivity contribution in [2.24, 2.45) is 0 Å². The van der Waals surface area contributed by atoms with E-state index in [1.54, 1.807) is 6.07 Å². The van der Waals surface area contributed by atoms with Crippen LogP contribution in [-0.4, -0.2) is 42.9 Å². The summed E-state index contributed by atoms with van der Waals surface area (Å²) in [6.45, 7) is 1.47. The lowest BCUT2D eigenvalue weighted by molar-refractivity contribution is -0.274. The maximum Gasteiger partial charge on any atom is 0.573 e. The lowest BCUT2D eigenvalue weighted by Crippen LogP contribution is -2.31. The number of ether oxygens (including phenoxy) is 1. The highest BCUT2D eigenvalue weighted by Crippen LogP contribution is 2.39. The Balaban J connectivity index is 1.34. The van der Waals surface area contributed by atoms with Gasteiger partial charge in [0.1, 0.15) is 17.1 Å². The molecule has 0 saturated carbocycles. The van der Waals surface area contributed by atoms with Crippen molar-refractivity contribution < 1.29 is 49.1 Å². The highest BCUT2D eigenvalue weighted by molar-refractivity contribution is 7.90. The van der Waals surface area contributed by atoms with Crippen LogP contribution in [-0.2, 0) is 29.3 Å². The molecule has 17 heteroatoms. The molecule has 47 heavy (non-hydrogen) atoms. The number of nitrogens with one attached hydrogen (secondary N) is 2. The molecule has 10 nitrogen and oxygen atoms in total. The monoisotopic (exact) mass is 681 g/mol. The lowest BCUT2D eigenvalue weighted by Gasteiger charge is -2.21. The van der Waals surface area contributed by atoms with Gasteiger partial charge in [-0.15, -0.1) is 13.2 Å². The Morgan fingerprint density at radius 3 is 2.23 bits per heavy atom. The fraction of sp³-hybridized carbons (Fsp3) is 0.233. The smallest absolute Gasteiger partial charge is 0.406 e. The lowest BCUT2D eigenvalue weighted by atomic mass is 10.0. The maximum atomic E-state index is 14.1. The molecule has 2 heterocycles. The van der Waals surface area contributed by atoms with Crippen LogP contribution in [0.15, 0.2) is 83.8 Å². The SMILES string of the molecule is CC(NC(=O)c1c(C(F)(F)F)nn2c1N(Cc1cccc(OC(F)(F)F)c1)CC2)c1ccc(C(=O)NS(=O)(=O)c2ccccc2)cc1. The highest BCUT2D eigenvalue weighted by Gasteiger charge is 2.44. The Labute approximate surface area is 264 Å². The number of sulfonamides is 1. The molecule has 1 aromatic heterocycles. The average Bonchev–Trinajstić information content (AvgIpc) is 3.57. The van der Waals surface area contributed by atoms with E-state index < -0.39 is 57.4 Å². The van der Waals surface area contributed by atoms with E-state index in [1.165, 1.54) is 72.5 Å². The zero-order valence-corrected chi connectivity index (χ0v) is 25.1. The van der Waals surface area contributed by atoms with Gasteiger partial charge in [-0.05, 0) is 54.4 Å². The molecule has 0 saturated heterocycles. The fourth-order valence-corrected chi connectivity index (χ4v) is 5.98. The zero-order valence-electron chi connectivity index (χ0n) is 24.3. The number of benzene rings is 3. The Hall–Kier alpha value is -5.06. The van der Waals surface area contributed by atoms with Gasteiger partial charge >= 0.3 is 12.5 Å². The summed E-state index contributed by atoms with van der Waals surface area (Å²) in [6.07, 6.45) is -9.95. The van der Waals surface area contributed by atoms with Crippen LogP contribution in [0.3, 0.4) is 0 Å². The normalized spacial score (nSPS) is 14.0. The minimum absolute atomic E-state index is 0.0104. The molecule has 1 unspecified atom stereocenters. The van der Waals surface area contributed by atoms with E-state index in [-0.39, 0.29) is 41.5 Å². The van der Waals surface area contributed by atoms with Crippen molar-refractivity contribution in [3.63, 3.8) is 0 Å². The number of hydrogen-bond acceptors (Lipinski definition) is 7. The van der Waals surface area contributed by atoms with Crippen LogP contribution in [0, 0.1) is 0 Å². The van der Waals surface area contributed by atoms with E-state index in [2.05, 4.69) is 15.2 Å². The Morgan fingerprint density at radius 2 is 1.60 bits per heavy atom. The van der Waals surface area contributed by atoms with Crippen LogP contribution < -0.4 is 19.7 Å². The van der Waals surface area contributed by atoms with Gasteiger partial charge < -0.3 is 15.0 Å². The number of amides is 2. The molecule has 248 valence electrons. The third kappa shape index (κ3) is 7.67. The molecule has 2 N–H and O–H groups in total. The summed E-state index contributed by atoms with van der Waals surface area (Å²) in [5.41, 5.74) is -1.54. The van der Waals surface area contributed by atoms with Crippen LogP contribution in [0.1, 0.15) is 50.5 Å². The third-order valence-corrected chi connectivity index (χ3v) is 8.46. The van der Waals surface area contributed by atoms with Gasteiger partial charge in [0.05, 0.1) is 17.5 Å². The van der Waals surface area contributed by atoms with Gasteiger partial charge in [0.15, 0.2) is 5.69 Å². The minimum atomic E-state index is -5.01. The molecule has 1 aliphatic heterocycles. The van der Waals surface area contributed by atoms with Crippen molar-refractivity contribution in [2.45, 2.75) is 43.5 Å². The number of aromatic nitrogens is 2. The second kappa shape index (κ2) is 12.6. The molecule has 0 radical (unpaired) electrons. The van der Waals surface area contributed by atoms with Crippen molar-refractivity contribution in [1.29, 1.82) is 0 Å². The highest BCUT2D eigenvalue weighted by atomic mass is 32.2. The van der Waals surface area contributed by atoms with Crippen molar-refractivity contribution in [1.82, 2.24) is 19.8 Å². The molecular formula is C30H25F6N5O5S. The third-order valence-electron chi connectivity index (χ3n) is 7.11. The number of hydrogen-bond donors (Lipinski definition) is 2. The number of anilines is 1. The minimum Gasteiger partial charge on any atom is -0.406 e. The molecule has 1 aliphatic rings. The summed E-state index contributed by atoms with van der Waals surface area (Å²) in [7, 11) is -4.14. The van der Waals surface area contributed by atoms with Crippen molar-refractivity contribution in [3.8, 4) is 5.75 Å². The fourth-order valence-electron chi connectivity index (χ4n) is 4.99. The number of halogens is 6. The number of rotatable bonds is 9. The van der Waals surface area contributed by atoms with E-state index in [9.17, 15) is 44.3 Å². The molecular weight excluding hydrogens is 656 g/mol. The van der Waals surface area contributed by atoms with Gasteiger partial charge in [-0.2, -0.15) is 18.3 Å². The Kier molecular flexibility index (Phi) is 8.94. The van der Waals surface area contributed by atoms with E-state index >= 15 is 0 Å². The maximum absolute atomic E-state index is 14.1. The van der Waals surface area contributed by atoms with Crippen LogP contribution in [0.25, 0.3) is 0 Å². The van der Waals surface area contributed by atoms with E-state index in [0.29, 0.717) is 5.56 Å². The first-order chi connectivity index (χ1) is 22.0.